The molecule has 29 heavy (non-hydrogen) atoms. The zero-order valence-electron chi connectivity index (χ0n) is 15.9. The van der Waals surface area contributed by atoms with E-state index in [0.717, 1.165) is 17.6 Å². The van der Waals surface area contributed by atoms with Crippen molar-refractivity contribution >= 4 is 29.5 Å². The minimum Gasteiger partial charge on any atom is -0.480 e. The Kier molecular flexibility index (Phi) is 7.89. The number of Topliss-reactive ketones (excluding diaryl/α,β-unsaturated/α-hetero) is 1. The highest BCUT2D eigenvalue weighted by Gasteiger charge is 2.41. The van der Waals surface area contributed by atoms with Crippen molar-refractivity contribution in [3.63, 3.8) is 0 Å². The van der Waals surface area contributed by atoms with Gasteiger partial charge in [0.2, 0.25) is 0 Å². The Balaban J connectivity index is 1.91. The number of nitrogens with two attached hydrogens (primary N) is 1. The SMILES string of the molecule is Cc1ccc([N+](=O)[O-])c(SOCCC[C@@](N)(C(=O)O)C(=O)Cc2ccccc2)c1. The molecule has 0 fully saturated rings. The van der Waals surface area contributed by atoms with Crippen LogP contribution in [0.5, 0.6) is 0 Å². The summed E-state index contributed by atoms with van der Waals surface area (Å²) >= 11 is 0.845. The Morgan fingerprint density at radius 2 is 1.93 bits per heavy atom. The van der Waals surface area contributed by atoms with Gasteiger partial charge in [-0.15, -0.1) is 0 Å². The van der Waals surface area contributed by atoms with E-state index in [1.807, 2.05) is 6.92 Å². The highest BCUT2D eigenvalue weighted by Crippen LogP contribution is 2.31. The molecule has 0 saturated carbocycles. The van der Waals surface area contributed by atoms with Gasteiger partial charge in [0.1, 0.15) is 4.90 Å². The van der Waals surface area contributed by atoms with E-state index in [4.69, 9.17) is 9.92 Å². The van der Waals surface area contributed by atoms with E-state index in [1.165, 1.54) is 6.07 Å². The minimum atomic E-state index is -2.01. The predicted octanol–water partition coefficient (Wildman–Crippen LogP) is 3.30. The lowest BCUT2D eigenvalue weighted by atomic mass is 9.86. The zero-order valence-corrected chi connectivity index (χ0v) is 16.7. The standard InChI is InChI=1S/C20H22N2O6S/c1-14-8-9-16(22(26)27)17(12-14)29-28-11-5-10-20(21,19(24)25)18(23)13-15-6-3-2-4-7-15/h2-4,6-9,12H,5,10-11,13,21H2,1H3,(H,24,25)/t20-/m0/s1. The van der Waals surface area contributed by atoms with Crippen LogP contribution < -0.4 is 5.73 Å². The number of nitro benzene ring substituents is 1. The second kappa shape index (κ2) is 10.1. The second-order valence-corrected chi connectivity index (χ2v) is 7.44. The summed E-state index contributed by atoms with van der Waals surface area (Å²) in [5, 5.41) is 20.5. The molecule has 0 aliphatic rings. The summed E-state index contributed by atoms with van der Waals surface area (Å²) in [7, 11) is 0. The lowest BCUT2D eigenvalue weighted by molar-refractivity contribution is -0.387. The third kappa shape index (κ3) is 6.11. The fourth-order valence-electron chi connectivity index (χ4n) is 2.66. The van der Waals surface area contributed by atoms with Crippen LogP contribution in [0.1, 0.15) is 24.0 Å². The normalized spacial score (nSPS) is 12.9. The summed E-state index contributed by atoms with van der Waals surface area (Å²) in [5.41, 5.74) is 5.36. The van der Waals surface area contributed by atoms with Crippen molar-refractivity contribution in [1.82, 2.24) is 0 Å². The van der Waals surface area contributed by atoms with Gasteiger partial charge in [0.05, 0.1) is 11.5 Å². The molecule has 0 saturated heterocycles. The molecule has 0 unspecified atom stereocenters. The minimum absolute atomic E-state index is 0.0719. The molecule has 2 aromatic carbocycles. The van der Waals surface area contributed by atoms with Crippen LogP contribution >= 0.6 is 12.0 Å². The van der Waals surface area contributed by atoms with Gasteiger partial charge in [0.15, 0.2) is 11.3 Å². The van der Waals surface area contributed by atoms with Crippen LogP contribution in [0.4, 0.5) is 5.69 Å². The molecule has 2 aromatic rings. The zero-order chi connectivity index (χ0) is 21.4. The Bertz CT molecular complexity index is 890. The number of aliphatic carboxylic acids is 1. The molecule has 0 spiro atoms. The largest absolute Gasteiger partial charge is 0.480 e. The number of carboxylic acid groups (broad SMARTS) is 1. The van der Waals surface area contributed by atoms with Crippen molar-refractivity contribution in [1.29, 1.82) is 0 Å². The van der Waals surface area contributed by atoms with Crippen LogP contribution in [-0.2, 0) is 20.2 Å². The Morgan fingerprint density at radius 3 is 2.55 bits per heavy atom. The predicted molar refractivity (Wildman–Crippen MR) is 109 cm³/mol. The highest BCUT2D eigenvalue weighted by molar-refractivity contribution is 7.94. The van der Waals surface area contributed by atoms with E-state index in [1.54, 1.807) is 42.5 Å². The maximum Gasteiger partial charge on any atom is 0.331 e. The molecule has 0 aliphatic carbocycles. The maximum absolute atomic E-state index is 12.5. The topological polar surface area (TPSA) is 133 Å². The first-order chi connectivity index (χ1) is 13.7. The molecule has 0 heterocycles. The van der Waals surface area contributed by atoms with Crippen LogP contribution in [0.25, 0.3) is 0 Å². The van der Waals surface area contributed by atoms with Crippen molar-refractivity contribution in [2.75, 3.05) is 6.61 Å². The number of carbonyl (C=O) groups is 2. The van der Waals surface area contributed by atoms with Crippen molar-refractivity contribution < 1.29 is 23.8 Å². The summed E-state index contributed by atoms with van der Waals surface area (Å²) in [6.45, 7) is 1.89. The van der Waals surface area contributed by atoms with Gasteiger partial charge in [-0.2, -0.15) is 0 Å². The fraction of sp³-hybridized carbons (Fsp3) is 0.300. The number of nitro groups is 1. The third-order valence-electron chi connectivity index (χ3n) is 4.35. The number of carboxylic acids is 1. The number of ketones is 1. The van der Waals surface area contributed by atoms with Crippen molar-refractivity contribution in [3.05, 3.63) is 69.8 Å². The second-order valence-electron chi connectivity index (χ2n) is 6.60. The summed E-state index contributed by atoms with van der Waals surface area (Å²) < 4.78 is 5.39. The van der Waals surface area contributed by atoms with E-state index < -0.39 is 22.2 Å². The molecule has 9 heteroatoms. The number of hydrogen-bond donors (Lipinski definition) is 2. The number of rotatable bonds is 11. The Morgan fingerprint density at radius 1 is 1.24 bits per heavy atom. The van der Waals surface area contributed by atoms with E-state index in [-0.39, 0.29) is 31.6 Å². The molecule has 0 radical (unpaired) electrons. The smallest absolute Gasteiger partial charge is 0.331 e. The van der Waals surface area contributed by atoms with Crippen LogP contribution in [-0.4, -0.2) is 33.9 Å². The Hall–Kier alpha value is -2.75. The van der Waals surface area contributed by atoms with Crippen molar-refractivity contribution in [2.24, 2.45) is 5.73 Å². The fourth-order valence-corrected chi connectivity index (χ4v) is 3.45. The van der Waals surface area contributed by atoms with Gasteiger partial charge in [-0.05, 0) is 37.0 Å². The molecule has 8 nitrogen and oxygen atoms in total. The van der Waals surface area contributed by atoms with Gasteiger partial charge in [0, 0.05) is 24.5 Å². The van der Waals surface area contributed by atoms with E-state index in [2.05, 4.69) is 0 Å². The third-order valence-corrected chi connectivity index (χ3v) is 5.14. The maximum atomic E-state index is 12.5. The Labute approximate surface area is 172 Å². The van der Waals surface area contributed by atoms with Crippen LogP contribution in [0.2, 0.25) is 0 Å². The van der Waals surface area contributed by atoms with E-state index >= 15 is 0 Å². The average Bonchev–Trinajstić information content (AvgIpc) is 2.67. The molecular weight excluding hydrogens is 396 g/mol. The lowest BCUT2D eigenvalue weighted by Gasteiger charge is -2.23. The molecule has 0 aliphatic heterocycles. The molecular formula is C20H22N2O6S. The monoisotopic (exact) mass is 418 g/mol. The number of benzene rings is 2. The summed E-state index contributed by atoms with van der Waals surface area (Å²) in [4.78, 5) is 35.0. The molecule has 154 valence electrons. The quantitative estimate of drug-likeness (QED) is 0.187. The summed E-state index contributed by atoms with van der Waals surface area (Å²) in [6, 6.07) is 13.5. The molecule has 2 rings (SSSR count). The van der Waals surface area contributed by atoms with Crippen LogP contribution in [0, 0.1) is 17.0 Å². The highest BCUT2D eigenvalue weighted by atomic mass is 32.2. The van der Waals surface area contributed by atoms with Gasteiger partial charge >= 0.3 is 5.97 Å². The molecule has 0 bridgehead atoms. The lowest BCUT2D eigenvalue weighted by Crippen LogP contribution is -2.55. The van der Waals surface area contributed by atoms with Crippen molar-refractivity contribution in [3.8, 4) is 0 Å². The van der Waals surface area contributed by atoms with E-state index in [9.17, 15) is 24.8 Å². The molecule has 1 atom stereocenters. The van der Waals surface area contributed by atoms with Crippen LogP contribution in [0.3, 0.4) is 0 Å². The van der Waals surface area contributed by atoms with E-state index in [0.29, 0.717) is 10.5 Å². The number of carbonyl (C=O) groups excluding carboxylic acids is 1. The van der Waals surface area contributed by atoms with Gasteiger partial charge in [-0.3, -0.25) is 14.9 Å². The van der Waals surface area contributed by atoms with Gasteiger partial charge in [-0.1, -0.05) is 36.4 Å². The first-order valence-electron chi connectivity index (χ1n) is 8.88. The molecule has 0 amide bonds. The van der Waals surface area contributed by atoms with Gasteiger partial charge < -0.3 is 15.0 Å². The molecule has 0 aromatic heterocycles. The van der Waals surface area contributed by atoms with Crippen LogP contribution in [0.15, 0.2) is 53.4 Å². The number of aryl methyl sites for hydroxylation is 1. The summed E-state index contributed by atoms with van der Waals surface area (Å²) in [6.07, 6.45) is 0.0230. The van der Waals surface area contributed by atoms with Gasteiger partial charge in [0.25, 0.3) is 5.69 Å². The average molecular weight is 418 g/mol. The van der Waals surface area contributed by atoms with Crippen molar-refractivity contribution in [2.45, 2.75) is 36.6 Å². The van der Waals surface area contributed by atoms with Gasteiger partial charge in [-0.25, -0.2) is 4.79 Å². The molecule has 3 N–H and O–H groups in total. The number of hydrogen-bond acceptors (Lipinski definition) is 7. The number of nitrogens with zero attached hydrogens (tertiary/aromatic N) is 1. The first kappa shape index (κ1) is 22.5. The first-order valence-corrected chi connectivity index (χ1v) is 9.62. The summed E-state index contributed by atoms with van der Waals surface area (Å²) in [5.74, 6) is -1.97.